The van der Waals surface area contributed by atoms with Crippen molar-refractivity contribution in [3.63, 3.8) is 0 Å². The van der Waals surface area contributed by atoms with Crippen molar-refractivity contribution in [3.05, 3.63) is 46.2 Å². The summed E-state index contributed by atoms with van der Waals surface area (Å²) >= 11 is 1.66. The van der Waals surface area contributed by atoms with E-state index in [1.54, 1.807) is 18.4 Å². The number of methoxy groups -OCH3 is 1. The Morgan fingerprint density at radius 3 is 2.69 bits per heavy atom. The van der Waals surface area contributed by atoms with Crippen LogP contribution in [0.1, 0.15) is 23.8 Å². The van der Waals surface area contributed by atoms with Crippen LogP contribution in [0.25, 0.3) is 0 Å². The van der Waals surface area contributed by atoms with Crippen LogP contribution in [0.2, 0.25) is 0 Å². The molecule has 144 valence electrons. The lowest BCUT2D eigenvalue weighted by Crippen LogP contribution is -2.32. The summed E-state index contributed by atoms with van der Waals surface area (Å²) in [6, 6.07) is 9.89. The molecular weight excluding hydrogens is 372 g/mol. The van der Waals surface area contributed by atoms with E-state index in [0.717, 1.165) is 5.56 Å². The summed E-state index contributed by atoms with van der Waals surface area (Å²) in [4.78, 5) is 15.2. The van der Waals surface area contributed by atoms with Gasteiger partial charge in [-0.15, -0.1) is 23.7 Å². The van der Waals surface area contributed by atoms with E-state index in [1.807, 2.05) is 54.6 Å². The Morgan fingerprint density at radius 2 is 2.08 bits per heavy atom. The van der Waals surface area contributed by atoms with Crippen molar-refractivity contribution in [2.24, 2.45) is 0 Å². The van der Waals surface area contributed by atoms with E-state index in [4.69, 9.17) is 9.47 Å². The van der Waals surface area contributed by atoms with E-state index < -0.39 is 0 Å². The van der Waals surface area contributed by atoms with E-state index in [0.29, 0.717) is 44.2 Å². The van der Waals surface area contributed by atoms with E-state index in [1.165, 1.54) is 4.88 Å². The Hall–Kier alpha value is -1.76. The number of hydrogen-bond donors (Lipinski definition) is 1. The number of carbonyl (C=O) groups is 1. The first-order valence-electron chi connectivity index (χ1n) is 8.42. The van der Waals surface area contributed by atoms with Crippen molar-refractivity contribution < 1.29 is 14.3 Å². The second-order valence-electron chi connectivity index (χ2n) is 5.61. The fourth-order valence-corrected chi connectivity index (χ4v) is 3.08. The zero-order valence-electron chi connectivity index (χ0n) is 15.5. The monoisotopic (exact) mass is 398 g/mol. The molecule has 0 radical (unpaired) electrons. The Morgan fingerprint density at radius 1 is 1.27 bits per heavy atom. The number of ether oxygens (including phenoxy) is 2. The van der Waals surface area contributed by atoms with Crippen molar-refractivity contribution in [1.29, 1.82) is 0 Å². The lowest BCUT2D eigenvalue weighted by atomic mass is 10.1. The summed E-state index contributed by atoms with van der Waals surface area (Å²) in [5.41, 5.74) is 1.03. The summed E-state index contributed by atoms with van der Waals surface area (Å²) in [6.07, 6.45) is 0.503. The van der Waals surface area contributed by atoms with Gasteiger partial charge in [0.2, 0.25) is 5.91 Å². The number of nitrogens with one attached hydrogen (secondary N) is 1. The molecule has 0 aliphatic heterocycles. The summed E-state index contributed by atoms with van der Waals surface area (Å²) in [7, 11) is 3.48. The highest BCUT2D eigenvalue weighted by Crippen LogP contribution is 2.29. The Balaban J connectivity index is 0.00000338. The van der Waals surface area contributed by atoms with Crippen LogP contribution >= 0.6 is 23.7 Å². The molecule has 0 spiro atoms. The number of hydrogen-bond acceptors (Lipinski definition) is 5. The van der Waals surface area contributed by atoms with Crippen molar-refractivity contribution in [2.75, 3.05) is 27.2 Å². The van der Waals surface area contributed by atoms with E-state index in [9.17, 15) is 4.79 Å². The summed E-state index contributed by atoms with van der Waals surface area (Å²) in [6.45, 7) is 4.46. The molecule has 5 nitrogen and oxygen atoms in total. The van der Waals surface area contributed by atoms with Gasteiger partial charge in [0.15, 0.2) is 11.5 Å². The minimum Gasteiger partial charge on any atom is -0.493 e. The molecule has 2 aromatic rings. The standard InChI is InChI=1S/C19H26N2O3S.ClH/c1-4-21(19(22)9-10-20-2)13-15-7-8-17(18(12-15)23-3)24-14-16-6-5-11-25-16;/h5-8,11-12,20H,4,9-10,13-14H2,1-3H3;1H. The molecule has 0 unspecified atom stereocenters. The fourth-order valence-electron chi connectivity index (χ4n) is 2.46. The maximum absolute atomic E-state index is 12.2. The topological polar surface area (TPSA) is 50.8 Å². The molecule has 0 fully saturated rings. The molecule has 1 aromatic carbocycles. The Kier molecular flexibility index (Phi) is 10.1. The number of rotatable bonds is 10. The Bertz CT molecular complexity index is 665. The molecule has 0 bridgehead atoms. The van der Waals surface area contributed by atoms with Crippen LogP contribution in [-0.4, -0.2) is 38.1 Å². The van der Waals surface area contributed by atoms with Crippen LogP contribution in [0.15, 0.2) is 35.7 Å². The number of thiophene rings is 1. The molecule has 1 heterocycles. The van der Waals surface area contributed by atoms with Crippen molar-refractivity contribution in [2.45, 2.75) is 26.5 Å². The zero-order valence-corrected chi connectivity index (χ0v) is 17.1. The smallest absolute Gasteiger partial charge is 0.224 e. The van der Waals surface area contributed by atoms with Crippen LogP contribution in [0.5, 0.6) is 11.5 Å². The lowest BCUT2D eigenvalue weighted by Gasteiger charge is -2.21. The van der Waals surface area contributed by atoms with E-state index in [-0.39, 0.29) is 18.3 Å². The molecule has 2 rings (SSSR count). The number of nitrogens with zero attached hydrogens (tertiary/aromatic N) is 1. The van der Waals surface area contributed by atoms with E-state index >= 15 is 0 Å². The third-order valence-electron chi connectivity index (χ3n) is 3.87. The van der Waals surface area contributed by atoms with Crippen molar-refractivity contribution in [1.82, 2.24) is 10.2 Å². The number of amides is 1. The number of carbonyl (C=O) groups excluding carboxylic acids is 1. The van der Waals surface area contributed by atoms with Crippen LogP contribution in [0.4, 0.5) is 0 Å². The Labute approximate surface area is 165 Å². The first-order valence-corrected chi connectivity index (χ1v) is 9.30. The first-order chi connectivity index (χ1) is 12.2. The van der Waals surface area contributed by atoms with Gasteiger partial charge in [0.1, 0.15) is 6.61 Å². The molecule has 0 aliphatic carbocycles. The third kappa shape index (κ3) is 6.52. The van der Waals surface area contributed by atoms with Crippen molar-refractivity contribution in [3.8, 4) is 11.5 Å². The van der Waals surface area contributed by atoms with Gasteiger partial charge < -0.3 is 19.7 Å². The molecule has 26 heavy (non-hydrogen) atoms. The SMILES string of the molecule is CCN(Cc1ccc(OCc2cccs2)c(OC)c1)C(=O)CCNC.Cl. The summed E-state index contributed by atoms with van der Waals surface area (Å²) in [5, 5.41) is 5.04. The lowest BCUT2D eigenvalue weighted by molar-refractivity contribution is -0.131. The van der Waals surface area contributed by atoms with Gasteiger partial charge in [0.25, 0.3) is 0 Å². The normalized spacial score (nSPS) is 10.1. The summed E-state index contributed by atoms with van der Waals surface area (Å²) in [5.74, 6) is 1.55. The molecule has 0 aliphatic rings. The first kappa shape index (κ1) is 22.3. The van der Waals surface area contributed by atoms with Gasteiger partial charge >= 0.3 is 0 Å². The minimum absolute atomic E-state index is 0. The van der Waals surface area contributed by atoms with Gasteiger partial charge in [-0.2, -0.15) is 0 Å². The van der Waals surface area contributed by atoms with Crippen LogP contribution in [0.3, 0.4) is 0 Å². The molecule has 7 heteroatoms. The zero-order chi connectivity index (χ0) is 18.1. The molecule has 1 aromatic heterocycles. The highest BCUT2D eigenvalue weighted by atomic mass is 35.5. The second-order valence-corrected chi connectivity index (χ2v) is 6.65. The molecule has 0 saturated heterocycles. The maximum Gasteiger partial charge on any atom is 0.224 e. The number of benzene rings is 1. The van der Waals surface area contributed by atoms with Gasteiger partial charge in [-0.3, -0.25) is 4.79 Å². The van der Waals surface area contributed by atoms with Crippen LogP contribution < -0.4 is 14.8 Å². The second kappa shape index (κ2) is 11.8. The third-order valence-corrected chi connectivity index (χ3v) is 4.72. The summed E-state index contributed by atoms with van der Waals surface area (Å²) < 4.78 is 11.3. The number of halogens is 1. The predicted molar refractivity (Wildman–Crippen MR) is 109 cm³/mol. The highest BCUT2D eigenvalue weighted by molar-refractivity contribution is 7.09. The molecule has 0 saturated carbocycles. The van der Waals surface area contributed by atoms with Crippen LogP contribution in [-0.2, 0) is 17.9 Å². The van der Waals surface area contributed by atoms with Crippen molar-refractivity contribution >= 4 is 29.7 Å². The quantitative estimate of drug-likeness (QED) is 0.662. The van der Waals surface area contributed by atoms with Gasteiger partial charge in [-0.25, -0.2) is 0 Å². The predicted octanol–water partition coefficient (Wildman–Crippen LogP) is 3.72. The minimum atomic E-state index is 0. The maximum atomic E-state index is 12.2. The fraction of sp³-hybridized carbons (Fsp3) is 0.421. The molecule has 1 amide bonds. The van der Waals surface area contributed by atoms with Crippen LogP contribution in [0, 0.1) is 0 Å². The molecular formula is C19H27ClN2O3S. The average molecular weight is 399 g/mol. The highest BCUT2D eigenvalue weighted by Gasteiger charge is 2.13. The largest absolute Gasteiger partial charge is 0.493 e. The van der Waals surface area contributed by atoms with Gasteiger partial charge in [0, 0.05) is 30.9 Å². The van der Waals surface area contributed by atoms with E-state index in [2.05, 4.69) is 5.32 Å². The average Bonchev–Trinajstić information content (AvgIpc) is 3.16. The van der Waals surface area contributed by atoms with Gasteiger partial charge in [0.05, 0.1) is 7.11 Å². The van der Waals surface area contributed by atoms with Gasteiger partial charge in [-0.05, 0) is 43.1 Å². The van der Waals surface area contributed by atoms with Gasteiger partial charge in [-0.1, -0.05) is 12.1 Å². The molecule has 1 N–H and O–H groups in total. The molecule has 0 atom stereocenters.